The molecule has 0 amide bonds. The van der Waals surface area contributed by atoms with Crippen LogP contribution in [0.2, 0.25) is 0 Å². The molecule has 0 spiro atoms. The first-order chi connectivity index (χ1) is 8.74. The third kappa shape index (κ3) is 6.01. The van der Waals surface area contributed by atoms with Crippen LogP contribution in [0.15, 0.2) is 29.2 Å². The van der Waals surface area contributed by atoms with Crippen LogP contribution in [-0.4, -0.2) is 51.5 Å². The van der Waals surface area contributed by atoms with Gasteiger partial charge >= 0.3 is 0 Å². The predicted molar refractivity (Wildman–Crippen MR) is 84.0 cm³/mol. The van der Waals surface area contributed by atoms with Crippen LogP contribution in [0.4, 0.5) is 5.69 Å². The number of hydrogen-bond donors (Lipinski definition) is 0. The molecule has 1 rings (SSSR count). The van der Waals surface area contributed by atoms with Gasteiger partial charge in [-0.25, -0.2) is 13.1 Å². The van der Waals surface area contributed by atoms with Crippen molar-refractivity contribution in [2.45, 2.75) is 9.60 Å². The number of anilines is 1. The van der Waals surface area contributed by atoms with Crippen molar-refractivity contribution in [3.63, 3.8) is 0 Å². The molecule has 4 nitrogen and oxygen atoms in total. The molecule has 0 aliphatic rings. The van der Waals surface area contributed by atoms with Gasteiger partial charge in [-0.3, -0.25) is 0 Å². The summed E-state index contributed by atoms with van der Waals surface area (Å²) >= 11 is 9.79. The van der Waals surface area contributed by atoms with Gasteiger partial charge in [0.05, 0.1) is 10.6 Å². The van der Waals surface area contributed by atoms with Crippen LogP contribution in [0, 0.1) is 0 Å². The molecule has 0 N–H and O–H groups in total. The van der Waals surface area contributed by atoms with E-state index in [4.69, 9.17) is 25.3 Å². The molecule has 0 saturated heterocycles. The van der Waals surface area contributed by atoms with Crippen LogP contribution in [0.25, 0.3) is 0 Å². The van der Waals surface area contributed by atoms with Crippen molar-refractivity contribution in [2.24, 2.45) is 0 Å². The molecular weight excluding hydrogens is 497 g/mol. The van der Waals surface area contributed by atoms with Gasteiger partial charge in [0.25, 0.3) is 0 Å². The van der Waals surface area contributed by atoms with Gasteiger partial charge < -0.3 is 35.1 Å². The number of benzene rings is 1. The van der Waals surface area contributed by atoms with Gasteiger partial charge in [0, 0.05) is 48.7 Å². The fraction of sp³-hybridized carbons (Fsp3) is 0.500. The molecule has 0 unspecified atom stereocenters. The summed E-state index contributed by atoms with van der Waals surface area (Å²) in [7, 11) is 2.26. The Kier molecular flexibility index (Phi) is 8.89. The van der Waals surface area contributed by atoms with E-state index in [2.05, 4.69) is 0 Å². The maximum atomic E-state index is 12.1. The van der Waals surface area contributed by atoms with Crippen molar-refractivity contribution in [2.75, 3.05) is 38.3 Å². The Bertz CT molecular complexity index is 504. The third-order valence-corrected chi connectivity index (χ3v) is 5.22. The van der Waals surface area contributed by atoms with Crippen LogP contribution in [0.1, 0.15) is 0 Å². The first-order valence-electron chi connectivity index (χ1n) is 5.76. The van der Waals surface area contributed by atoms with E-state index in [1.54, 1.807) is 36.2 Å². The summed E-state index contributed by atoms with van der Waals surface area (Å²) in [6, 6.07) is 6.84. The fourth-order valence-electron chi connectivity index (χ4n) is 1.44. The van der Waals surface area contributed by atoms with Crippen LogP contribution in [0.3, 0.4) is 0 Å². The Morgan fingerprint density at radius 3 is 2.00 bits per heavy atom. The minimum absolute atomic E-state index is 0. The summed E-state index contributed by atoms with van der Waals surface area (Å²) in [4.78, 5) is 3.91. The Hall–Kier alpha value is 0.370. The molecule has 0 atom stereocenters. The Balaban J connectivity index is 0.00000361. The normalized spacial score (nSPS) is 11.6. The van der Waals surface area contributed by atoms with Gasteiger partial charge in [0.2, 0.25) is 0 Å². The fourth-order valence-corrected chi connectivity index (χ4v) is 2.96. The number of nitrogens with zero attached hydrogens (tertiary/aromatic N) is 2. The summed E-state index contributed by atoms with van der Waals surface area (Å²) in [5.41, 5.74) is 0.965. The summed E-state index contributed by atoms with van der Waals surface area (Å²) < 4.78 is 23.8. The van der Waals surface area contributed by atoms with Gasteiger partial charge in [-0.15, -0.1) is 0 Å². The average Bonchev–Trinajstić information content (AvgIpc) is 2.36. The van der Waals surface area contributed by atoms with Gasteiger partial charge in [-0.05, 0) is 31.3 Å². The molecule has 0 bridgehead atoms. The zero-order valence-corrected chi connectivity index (χ0v) is 16.2. The van der Waals surface area contributed by atoms with Crippen molar-refractivity contribution < 1.29 is 30.8 Å². The predicted octanol–water partition coefficient (Wildman–Crippen LogP) is 0.833. The molecule has 0 fully saturated rings. The topological polar surface area (TPSA) is 40.6 Å². The molecule has 0 aliphatic carbocycles. The minimum Gasteiger partial charge on any atom is -0.800 e. The zero-order valence-electron chi connectivity index (χ0n) is 11.5. The Morgan fingerprint density at radius 1 is 1.10 bits per heavy atom. The SMILES string of the molecule is CN(C)c1ccc(S(=O)(=O)CCN(C)C([S-])[S-])cc1.[Au]. The second-order valence-corrected chi connectivity index (χ2v) is 7.80. The summed E-state index contributed by atoms with van der Waals surface area (Å²) in [6.07, 6.45) is 0. The smallest absolute Gasteiger partial charge is 0.179 e. The first kappa shape index (κ1) is 20.4. The summed E-state index contributed by atoms with van der Waals surface area (Å²) in [5.74, 6) is 0.0224. The number of sulfone groups is 1. The van der Waals surface area contributed by atoms with Crippen LogP contribution in [0.5, 0.6) is 0 Å². The van der Waals surface area contributed by atoms with Crippen LogP contribution >= 0.6 is 0 Å². The van der Waals surface area contributed by atoms with E-state index >= 15 is 0 Å². The van der Waals surface area contributed by atoms with Crippen molar-refractivity contribution >= 4 is 40.8 Å². The quantitative estimate of drug-likeness (QED) is 0.413. The maximum Gasteiger partial charge on any atom is 0.179 e. The van der Waals surface area contributed by atoms with E-state index < -0.39 is 14.5 Å². The second kappa shape index (κ2) is 8.73. The Labute approximate surface area is 148 Å². The third-order valence-electron chi connectivity index (χ3n) is 2.78. The zero-order chi connectivity index (χ0) is 14.6. The average molecular weight is 515 g/mol. The van der Waals surface area contributed by atoms with Crippen molar-refractivity contribution in [1.29, 1.82) is 0 Å². The molecule has 0 heterocycles. The summed E-state index contributed by atoms with van der Waals surface area (Å²) in [5, 5.41) is 0. The van der Waals surface area contributed by atoms with E-state index in [9.17, 15) is 8.42 Å². The van der Waals surface area contributed by atoms with Gasteiger partial charge in [-0.1, -0.05) is 0 Å². The molecule has 0 aromatic heterocycles. The van der Waals surface area contributed by atoms with Crippen molar-refractivity contribution in [3.05, 3.63) is 24.3 Å². The van der Waals surface area contributed by atoms with E-state index in [1.165, 1.54) is 0 Å². The van der Waals surface area contributed by atoms with Gasteiger partial charge in [0.1, 0.15) is 0 Å². The molecule has 8 heteroatoms. The van der Waals surface area contributed by atoms with E-state index in [0.29, 0.717) is 11.4 Å². The molecule has 0 aliphatic heterocycles. The number of hydrogen-bond acceptors (Lipinski definition) is 6. The van der Waals surface area contributed by atoms with Crippen molar-refractivity contribution in [3.8, 4) is 0 Å². The largest absolute Gasteiger partial charge is 0.800 e. The van der Waals surface area contributed by atoms with Crippen LogP contribution < -0.4 is 4.90 Å². The van der Waals surface area contributed by atoms with E-state index in [-0.39, 0.29) is 28.1 Å². The molecule has 119 valence electrons. The maximum absolute atomic E-state index is 12.1. The minimum atomic E-state index is -3.28. The van der Waals surface area contributed by atoms with Crippen molar-refractivity contribution in [1.82, 2.24) is 4.90 Å². The molecule has 0 saturated carbocycles. The summed E-state index contributed by atoms with van der Waals surface area (Å²) in [6.45, 7) is 0.343. The van der Waals surface area contributed by atoms with Gasteiger partial charge in [0.15, 0.2) is 9.84 Å². The standard InChI is InChI=1S/C12H20N2O2S3.Au/c1-13(2)10-4-6-11(7-5-10)19(15,16)9-8-14(3)12(17)18;/h4-7,12,17-18H,8-9H2,1-3H3;/p-2. The number of rotatable bonds is 6. The molecule has 1 aromatic carbocycles. The van der Waals surface area contributed by atoms with E-state index in [1.807, 2.05) is 19.0 Å². The Morgan fingerprint density at radius 2 is 1.60 bits per heavy atom. The monoisotopic (exact) mass is 515 g/mol. The second-order valence-electron chi connectivity index (χ2n) is 4.49. The molecule has 1 radical (unpaired) electrons. The molecule has 20 heavy (non-hydrogen) atoms. The van der Waals surface area contributed by atoms with Crippen LogP contribution in [-0.2, 0) is 57.5 Å². The molecule has 1 aromatic rings. The van der Waals surface area contributed by atoms with Gasteiger partial charge in [-0.2, -0.15) is 0 Å². The van der Waals surface area contributed by atoms with E-state index in [0.717, 1.165) is 5.69 Å². The first-order valence-corrected chi connectivity index (χ1v) is 8.35. The molecular formula is C12H18AuN2O2S3-2.